The summed E-state index contributed by atoms with van der Waals surface area (Å²) in [6, 6.07) is 16.4. The van der Waals surface area contributed by atoms with Gasteiger partial charge in [-0.1, -0.05) is 48.5 Å². The molecule has 2 aromatic carbocycles. The minimum absolute atomic E-state index is 0.0247. The molecule has 2 aliphatic rings. The Labute approximate surface area is 159 Å². The van der Waals surface area contributed by atoms with Gasteiger partial charge in [0.15, 0.2) is 0 Å². The molecule has 1 N–H and O–H groups in total. The van der Waals surface area contributed by atoms with Crippen molar-refractivity contribution in [2.24, 2.45) is 5.92 Å². The summed E-state index contributed by atoms with van der Waals surface area (Å²) in [7, 11) is 0. The molecule has 4 rings (SSSR count). The van der Waals surface area contributed by atoms with Gasteiger partial charge in [-0.15, -0.1) is 0 Å². The number of halogens is 1. The lowest BCUT2D eigenvalue weighted by atomic mass is 10.1. The van der Waals surface area contributed by atoms with E-state index in [0.717, 1.165) is 25.1 Å². The molecular weight excluding hydrogens is 343 g/mol. The van der Waals surface area contributed by atoms with E-state index in [4.69, 9.17) is 0 Å². The van der Waals surface area contributed by atoms with Crippen molar-refractivity contribution in [1.82, 2.24) is 9.80 Å². The second kappa shape index (κ2) is 7.79. The van der Waals surface area contributed by atoms with E-state index in [9.17, 15) is 14.3 Å². The molecule has 2 fully saturated rings. The van der Waals surface area contributed by atoms with Crippen molar-refractivity contribution in [3.8, 4) is 0 Å². The number of aliphatic hydroxyl groups is 1. The average molecular weight is 368 g/mol. The van der Waals surface area contributed by atoms with Crippen LogP contribution in [0, 0.1) is 11.7 Å². The van der Waals surface area contributed by atoms with Gasteiger partial charge in [-0.2, -0.15) is 0 Å². The monoisotopic (exact) mass is 368 g/mol. The second-order valence-electron chi connectivity index (χ2n) is 7.52. The number of benzene rings is 2. The van der Waals surface area contributed by atoms with Crippen LogP contribution >= 0.6 is 0 Å². The highest BCUT2D eigenvalue weighted by atomic mass is 19.1. The van der Waals surface area contributed by atoms with E-state index < -0.39 is 6.10 Å². The minimum atomic E-state index is -0.512. The fourth-order valence-corrected chi connectivity index (χ4v) is 4.00. The molecule has 3 atom stereocenters. The lowest BCUT2D eigenvalue weighted by Gasteiger charge is -2.36. The average Bonchev–Trinajstić information content (AvgIpc) is 3.49. The van der Waals surface area contributed by atoms with Crippen LogP contribution in [0.25, 0.3) is 0 Å². The van der Waals surface area contributed by atoms with Gasteiger partial charge < -0.3 is 10.0 Å². The number of amides is 1. The minimum Gasteiger partial charge on any atom is -0.387 e. The van der Waals surface area contributed by atoms with Crippen LogP contribution in [0.2, 0.25) is 0 Å². The van der Waals surface area contributed by atoms with E-state index in [0.29, 0.717) is 25.2 Å². The van der Waals surface area contributed by atoms with Gasteiger partial charge in [0.1, 0.15) is 5.82 Å². The molecule has 0 aromatic heterocycles. The highest BCUT2D eigenvalue weighted by Crippen LogP contribution is 2.49. The van der Waals surface area contributed by atoms with Crippen LogP contribution in [-0.2, 0) is 4.79 Å². The first kappa shape index (κ1) is 18.1. The van der Waals surface area contributed by atoms with E-state index in [-0.39, 0.29) is 23.6 Å². The molecule has 27 heavy (non-hydrogen) atoms. The number of nitrogens with zero attached hydrogens (tertiary/aromatic N) is 2. The molecule has 3 unspecified atom stereocenters. The van der Waals surface area contributed by atoms with Crippen molar-refractivity contribution in [3.63, 3.8) is 0 Å². The molecule has 1 heterocycles. The molecule has 5 heteroatoms. The Morgan fingerprint density at radius 3 is 2.41 bits per heavy atom. The largest absolute Gasteiger partial charge is 0.387 e. The van der Waals surface area contributed by atoms with Crippen molar-refractivity contribution >= 4 is 5.91 Å². The van der Waals surface area contributed by atoms with Crippen LogP contribution in [0.4, 0.5) is 4.39 Å². The standard InChI is InChI=1S/C22H25FN2O2/c23-20-9-5-4-8-17(20)18-14-19(18)22(27)25-12-10-24(11-13-25)15-21(26)16-6-2-1-3-7-16/h1-9,18-19,21,26H,10-15H2. The van der Waals surface area contributed by atoms with Crippen LogP contribution in [-0.4, -0.2) is 53.5 Å². The number of hydrogen-bond acceptors (Lipinski definition) is 3. The summed E-state index contributed by atoms with van der Waals surface area (Å²) in [6.45, 7) is 3.43. The van der Waals surface area contributed by atoms with Gasteiger partial charge in [0.05, 0.1) is 6.10 Å². The van der Waals surface area contributed by atoms with Gasteiger partial charge in [-0.25, -0.2) is 4.39 Å². The van der Waals surface area contributed by atoms with Gasteiger partial charge in [0.2, 0.25) is 5.91 Å². The third kappa shape index (κ3) is 4.04. The Balaban J connectivity index is 1.27. The molecule has 1 aliphatic carbocycles. The van der Waals surface area contributed by atoms with Crippen LogP contribution in [0.1, 0.15) is 29.6 Å². The summed E-state index contributed by atoms with van der Waals surface area (Å²) < 4.78 is 13.9. The molecule has 0 bridgehead atoms. The van der Waals surface area contributed by atoms with Crippen molar-refractivity contribution in [3.05, 3.63) is 71.5 Å². The van der Waals surface area contributed by atoms with Crippen molar-refractivity contribution in [2.45, 2.75) is 18.4 Å². The second-order valence-corrected chi connectivity index (χ2v) is 7.52. The van der Waals surface area contributed by atoms with Gasteiger partial charge in [0, 0.05) is 38.6 Å². The summed E-state index contributed by atoms with van der Waals surface area (Å²) in [5, 5.41) is 10.4. The number of rotatable bonds is 5. The van der Waals surface area contributed by atoms with Gasteiger partial charge in [-0.05, 0) is 29.5 Å². The number of aliphatic hydroxyl groups excluding tert-OH is 1. The molecule has 0 radical (unpaired) electrons. The first-order chi connectivity index (χ1) is 13.1. The zero-order valence-electron chi connectivity index (χ0n) is 15.3. The first-order valence-corrected chi connectivity index (χ1v) is 9.62. The van der Waals surface area contributed by atoms with Crippen LogP contribution in [0.5, 0.6) is 0 Å². The van der Waals surface area contributed by atoms with E-state index in [1.807, 2.05) is 41.3 Å². The maximum absolute atomic E-state index is 13.9. The number of hydrogen-bond donors (Lipinski definition) is 1. The molecule has 2 aromatic rings. The molecule has 1 saturated carbocycles. The maximum Gasteiger partial charge on any atom is 0.226 e. The zero-order chi connectivity index (χ0) is 18.8. The van der Waals surface area contributed by atoms with Crippen molar-refractivity contribution in [1.29, 1.82) is 0 Å². The first-order valence-electron chi connectivity index (χ1n) is 9.62. The lowest BCUT2D eigenvalue weighted by molar-refractivity contribution is -0.134. The summed E-state index contributed by atoms with van der Waals surface area (Å²) in [5.41, 5.74) is 1.59. The predicted molar refractivity (Wildman–Crippen MR) is 102 cm³/mol. The van der Waals surface area contributed by atoms with E-state index >= 15 is 0 Å². The van der Waals surface area contributed by atoms with Crippen molar-refractivity contribution in [2.75, 3.05) is 32.7 Å². The molecule has 1 aliphatic heterocycles. The quantitative estimate of drug-likeness (QED) is 0.883. The Kier molecular flexibility index (Phi) is 5.23. The highest BCUT2D eigenvalue weighted by molar-refractivity contribution is 5.83. The van der Waals surface area contributed by atoms with Gasteiger partial charge >= 0.3 is 0 Å². The molecular formula is C22H25FN2O2. The summed E-state index contributed by atoms with van der Waals surface area (Å²) in [5.74, 6) is -0.121. The summed E-state index contributed by atoms with van der Waals surface area (Å²) in [4.78, 5) is 16.8. The SMILES string of the molecule is O=C(C1CC1c1ccccc1F)N1CCN(CC(O)c2ccccc2)CC1. The molecule has 4 nitrogen and oxygen atoms in total. The summed E-state index contributed by atoms with van der Waals surface area (Å²) >= 11 is 0. The third-order valence-electron chi connectivity index (χ3n) is 5.71. The normalized spacial score (nSPS) is 23.9. The van der Waals surface area contributed by atoms with Crippen LogP contribution in [0.3, 0.4) is 0 Å². The zero-order valence-corrected chi connectivity index (χ0v) is 15.3. The number of β-amino-alcohol motifs (C(OH)–C–C–N with tert-alkyl or cyclic N) is 1. The van der Waals surface area contributed by atoms with Crippen molar-refractivity contribution < 1.29 is 14.3 Å². The fourth-order valence-electron chi connectivity index (χ4n) is 4.00. The molecule has 0 spiro atoms. The summed E-state index contributed by atoms with van der Waals surface area (Å²) in [6.07, 6.45) is 0.231. The predicted octanol–water partition coefficient (Wildman–Crippen LogP) is 2.81. The maximum atomic E-state index is 13.9. The number of piperazine rings is 1. The van der Waals surface area contributed by atoms with Crippen LogP contribution < -0.4 is 0 Å². The number of carbonyl (C=O) groups is 1. The Hall–Kier alpha value is -2.24. The topological polar surface area (TPSA) is 43.8 Å². The lowest BCUT2D eigenvalue weighted by Crippen LogP contribution is -2.50. The smallest absolute Gasteiger partial charge is 0.226 e. The Bertz CT molecular complexity index is 790. The molecule has 142 valence electrons. The van der Waals surface area contributed by atoms with E-state index in [1.165, 1.54) is 6.07 Å². The molecule has 1 amide bonds. The van der Waals surface area contributed by atoms with E-state index in [1.54, 1.807) is 12.1 Å². The highest BCUT2D eigenvalue weighted by Gasteiger charge is 2.47. The number of carbonyl (C=O) groups excluding carboxylic acids is 1. The van der Waals surface area contributed by atoms with Gasteiger partial charge in [0.25, 0.3) is 0 Å². The van der Waals surface area contributed by atoms with E-state index in [2.05, 4.69) is 4.90 Å². The fraction of sp³-hybridized carbons (Fsp3) is 0.409. The third-order valence-corrected chi connectivity index (χ3v) is 5.71. The van der Waals surface area contributed by atoms with Gasteiger partial charge in [-0.3, -0.25) is 9.69 Å². The van der Waals surface area contributed by atoms with Crippen LogP contribution in [0.15, 0.2) is 54.6 Å². The Morgan fingerprint density at radius 1 is 1.04 bits per heavy atom. The Morgan fingerprint density at radius 2 is 1.70 bits per heavy atom. The molecule has 1 saturated heterocycles.